The number of allylic oxidation sites excluding steroid dienone is 2. The minimum Gasteiger partial charge on any atom is -0.504 e. The van der Waals surface area contributed by atoms with E-state index >= 15 is 0 Å². The summed E-state index contributed by atoms with van der Waals surface area (Å²) in [6.45, 7) is 4.09. The molecular formula is C24H28N2O3. The second-order valence-electron chi connectivity index (χ2n) is 8.35. The van der Waals surface area contributed by atoms with Gasteiger partial charge in [-0.05, 0) is 59.7 Å². The number of benzene rings is 2. The number of ether oxygens (including phenoxy) is 1. The fourth-order valence-electron chi connectivity index (χ4n) is 4.49. The Balaban J connectivity index is 1.62. The second kappa shape index (κ2) is 7.82. The van der Waals surface area contributed by atoms with Crippen LogP contribution in [0.5, 0.6) is 11.5 Å². The molecule has 4 rings (SSSR count). The maximum Gasteiger partial charge on any atom is 0.224 e. The molecule has 2 aromatic carbocycles. The third-order valence-corrected chi connectivity index (χ3v) is 5.80. The van der Waals surface area contributed by atoms with Gasteiger partial charge >= 0.3 is 0 Å². The monoisotopic (exact) mass is 392 g/mol. The van der Waals surface area contributed by atoms with Crippen molar-refractivity contribution < 1.29 is 14.6 Å². The number of hydrogen-bond acceptors (Lipinski definition) is 4. The minimum absolute atomic E-state index is 0.0498. The predicted octanol–water partition coefficient (Wildman–Crippen LogP) is 5.21. The second-order valence-corrected chi connectivity index (χ2v) is 8.35. The zero-order valence-corrected chi connectivity index (χ0v) is 17.1. The first-order valence-corrected chi connectivity index (χ1v) is 10.2. The molecule has 3 atom stereocenters. The fourth-order valence-corrected chi connectivity index (χ4v) is 4.49. The number of carbonyl (C=O) groups is 1. The van der Waals surface area contributed by atoms with Crippen LogP contribution < -0.4 is 15.4 Å². The Bertz CT molecular complexity index is 951. The predicted molar refractivity (Wildman–Crippen MR) is 116 cm³/mol. The Morgan fingerprint density at radius 2 is 2.10 bits per heavy atom. The summed E-state index contributed by atoms with van der Waals surface area (Å²) in [4.78, 5) is 12.2. The number of phenolic OH excluding ortho intramolecular Hbond substituents is 1. The lowest BCUT2D eigenvalue weighted by Gasteiger charge is -2.37. The zero-order valence-electron chi connectivity index (χ0n) is 17.1. The van der Waals surface area contributed by atoms with E-state index in [0.29, 0.717) is 24.0 Å². The van der Waals surface area contributed by atoms with Crippen LogP contribution in [0.4, 0.5) is 11.4 Å². The van der Waals surface area contributed by atoms with Crippen molar-refractivity contribution in [3.8, 4) is 11.5 Å². The number of anilines is 2. The van der Waals surface area contributed by atoms with Gasteiger partial charge in [0.15, 0.2) is 11.5 Å². The van der Waals surface area contributed by atoms with E-state index in [1.807, 2.05) is 38.1 Å². The average Bonchev–Trinajstić information content (AvgIpc) is 3.17. The lowest BCUT2D eigenvalue weighted by Crippen LogP contribution is -2.29. The molecule has 0 aromatic heterocycles. The zero-order chi connectivity index (χ0) is 20.5. The number of methoxy groups -OCH3 is 1. The first kappa shape index (κ1) is 19.4. The first-order chi connectivity index (χ1) is 14.0. The van der Waals surface area contributed by atoms with Gasteiger partial charge in [-0.15, -0.1) is 0 Å². The van der Waals surface area contributed by atoms with Crippen LogP contribution in [-0.4, -0.2) is 18.1 Å². The van der Waals surface area contributed by atoms with E-state index in [4.69, 9.17) is 4.74 Å². The number of carbonyl (C=O) groups excluding carboxylic acids is 1. The SMILES string of the molecule is COc1ccc(C2Nc3ccc(NC(=O)CC(C)C)cc3C3C=CCC32)cc1O. The number of rotatable bonds is 5. The van der Waals surface area contributed by atoms with Gasteiger partial charge in [-0.3, -0.25) is 4.79 Å². The average molecular weight is 392 g/mol. The van der Waals surface area contributed by atoms with Gasteiger partial charge in [-0.2, -0.15) is 0 Å². The summed E-state index contributed by atoms with van der Waals surface area (Å²) in [6.07, 6.45) is 5.98. The van der Waals surface area contributed by atoms with Gasteiger partial charge in [0.1, 0.15) is 0 Å². The topological polar surface area (TPSA) is 70.6 Å². The summed E-state index contributed by atoms with van der Waals surface area (Å²) in [6, 6.07) is 11.8. The highest BCUT2D eigenvalue weighted by Gasteiger charge is 2.38. The van der Waals surface area contributed by atoms with Crippen LogP contribution in [0, 0.1) is 11.8 Å². The van der Waals surface area contributed by atoms with E-state index in [0.717, 1.165) is 23.4 Å². The Hall–Kier alpha value is -2.95. The van der Waals surface area contributed by atoms with Crippen LogP contribution in [0.2, 0.25) is 0 Å². The molecule has 3 unspecified atom stereocenters. The van der Waals surface area contributed by atoms with Gasteiger partial charge in [0, 0.05) is 23.7 Å². The fraction of sp³-hybridized carbons (Fsp3) is 0.375. The van der Waals surface area contributed by atoms with Crippen LogP contribution in [0.3, 0.4) is 0 Å². The molecule has 5 heteroatoms. The molecule has 0 saturated carbocycles. The van der Waals surface area contributed by atoms with Crippen LogP contribution in [0.25, 0.3) is 0 Å². The molecular weight excluding hydrogens is 364 g/mol. The molecule has 5 nitrogen and oxygen atoms in total. The number of phenols is 1. The molecule has 1 heterocycles. The van der Waals surface area contributed by atoms with E-state index < -0.39 is 0 Å². The Kier molecular flexibility index (Phi) is 5.22. The van der Waals surface area contributed by atoms with Gasteiger partial charge in [0.2, 0.25) is 5.91 Å². The molecule has 2 aromatic rings. The third-order valence-electron chi connectivity index (χ3n) is 5.80. The summed E-state index contributed by atoms with van der Waals surface area (Å²) < 4.78 is 5.18. The molecule has 152 valence electrons. The van der Waals surface area contributed by atoms with Crippen molar-refractivity contribution in [2.45, 2.75) is 38.6 Å². The van der Waals surface area contributed by atoms with Crippen molar-refractivity contribution in [3.63, 3.8) is 0 Å². The maximum atomic E-state index is 12.2. The quantitative estimate of drug-likeness (QED) is 0.611. The molecule has 0 saturated heterocycles. The summed E-state index contributed by atoms with van der Waals surface area (Å²) in [7, 11) is 1.55. The van der Waals surface area contributed by atoms with Gasteiger partial charge in [0.25, 0.3) is 0 Å². The molecule has 0 fully saturated rings. The van der Waals surface area contributed by atoms with Gasteiger partial charge in [-0.25, -0.2) is 0 Å². The number of nitrogens with one attached hydrogen (secondary N) is 2. The van der Waals surface area contributed by atoms with Crippen LogP contribution >= 0.6 is 0 Å². The molecule has 2 aliphatic rings. The van der Waals surface area contributed by atoms with Gasteiger partial charge in [-0.1, -0.05) is 32.1 Å². The molecule has 1 aliphatic heterocycles. The molecule has 3 N–H and O–H groups in total. The highest BCUT2D eigenvalue weighted by molar-refractivity contribution is 5.91. The Morgan fingerprint density at radius 1 is 1.28 bits per heavy atom. The summed E-state index contributed by atoms with van der Waals surface area (Å²) in [5, 5.41) is 16.9. The van der Waals surface area contributed by atoms with Crippen LogP contribution in [0.1, 0.15) is 49.8 Å². The van der Waals surface area contributed by atoms with Crippen molar-refractivity contribution in [1.29, 1.82) is 0 Å². The highest BCUT2D eigenvalue weighted by atomic mass is 16.5. The van der Waals surface area contributed by atoms with E-state index in [-0.39, 0.29) is 23.6 Å². The molecule has 0 spiro atoms. The molecule has 0 bridgehead atoms. The number of hydrogen-bond donors (Lipinski definition) is 3. The first-order valence-electron chi connectivity index (χ1n) is 10.2. The third kappa shape index (κ3) is 3.82. The summed E-state index contributed by atoms with van der Waals surface area (Å²) in [5.41, 5.74) is 4.16. The normalized spacial score (nSPS) is 22.0. The maximum absolute atomic E-state index is 12.2. The van der Waals surface area contributed by atoms with Crippen molar-refractivity contribution in [3.05, 3.63) is 59.7 Å². The number of amides is 1. The summed E-state index contributed by atoms with van der Waals surface area (Å²) in [5.74, 6) is 1.66. The van der Waals surface area contributed by atoms with E-state index in [1.165, 1.54) is 5.56 Å². The largest absolute Gasteiger partial charge is 0.504 e. The highest BCUT2D eigenvalue weighted by Crippen LogP contribution is 2.50. The van der Waals surface area contributed by atoms with Crippen LogP contribution in [0.15, 0.2) is 48.6 Å². The van der Waals surface area contributed by atoms with E-state index in [1.54, 1.807) is 13.2 Å². The smallest absolute Gasteiger partial charge is 0.224 e. The Morgan fingerprint density at radius 3 is 2.83 bits per heavy atom. The van der Waals surface area contributed by atoms with Crippen molar-refractivity contribution in [2.75, 3.05) is 17.7 Å². The lowest BCUT2D eigenvalue weighted by molar-refractivity contribution is -0.116. The lowest BCUT2D eigenvalue weighted by atomic mass is 9.77. The molecule has 29 heavy (non-hydrogen) atoms. The van der Waals surface area contributed by atoms with Gasteiger partial charge in [0.05, 0.1) is 13.2 Å². The van der Waals surface area contributed by atoms with Crippen molar-refractivity contribution >= 4 is 17.3 Å². The Labute approximate surface area is 171 Å². The van der Waals surface area contributed by atoms with E-state index in [9.17, 15) is 9.90 Å². The van der Waals surface area contributed by atoms with E-state index in [2.05, 4.69) is 28.9 Å². The van der Waals surface area contributed by atoms with Crippen molar-refractivity contribution in [1.82, 2.24) is 0 Å². The number of aromatic hydroxyl groups is 1. The van der Waals surface area contributed by atoms with Gasteiger partial charge < -0.3 is 20.5 Å². The molecule has 1 amide bonds. The summed E-state index contributed by atoms with van der Waals surface area (Å²) >= 11 is 0. The van der Waals surface area contributed by atoms with Crippen LogP contribution in [-0.2, 0) is 4.79 Å². The number of fused-ring (bicyclic) bond motifs is 3. The van der Waals surface area contributed by atoms with Crippen molar-refractivity contribution in [2.24, 2.45) is 11.8 Å². The standard InChI is InChI=1S/C24H28N2O3/c1-14(2)11-23(28)25-16-8-9-20-19(13-16)17-5-4-6-18(17)24(26-20)15-7-10-22(29-3)21(27)12-15/h4-5,7-10,12-14,17-18,24,26-27H,6,11H2,1-3H3,(H,25,28). The molecule has 0 radical (unpaired) electrons. The molecule has 1 aliphatic carbocycles. The minimum atomic E-state index is 0.0498.